The van der Waals surface area contributed by atoms with E-state index in [1.165, 1.54) is 6.07 Å². The van der Waals surface area contributed by atoms with Crippen LogP contribution in [0.1, 0.15) is 35.5 Å². The van der Waals surface area contributed by atoms with Gasteiger partial charge < -0.3 is 19.8 Å². The summed E-state index contributed by atoms with van der Waals surface area (Å²) in [6.07, 6.45) is 0.840. The van der Waals surface area contributed by atoms with Gasteiger partial charge in [-0.3, -0.25) is 9.59 Å². The number of carbonyl (C=O) groups is 1. The van der Waals surface area contributed by atoms with Crippen LogP contribution in [-0.2, 0) is 6.42 Å². The van der Waals surface area contributed by atoms with Crippen molar-refractivity contribution in [2.45, 2.75) is 32.8 Å². The van der Waals surface area contributed by atoms with E-state index >= 15 is 0 Å². The number of hydrogen-bond donors (Lipinski definition) is 2. The van der Waals surface area contributed by atoms with Crippen molar-refractivity contribution in [3.05, 3.63) is 57.5 Å². The van der Waals surface area contributed by atoms with Crippen LogP contribution in [0.2, 0.25) is 0 Å². The summed E-state index contributed by atoms with van der Waals surface area (Å²) >= 11 is 0. The lowest BCUT2D eigenvalue weighted by Crippen LogP contribution is -2.32. The Morgan fingerprint density at radius 2 is 2.12 bits per heavy atom. The molecule has 0 saturated carbocycles. The van der Waals surface area contributed by atoms with Crippen molar-refractivity contribution >= 4 is 5.91 Å². The highest BCUT2D eigenvalue weighted by atomic mass is 16.5. The molecule has 0 radical (unpaired) electrons. The van der Waals surface area contributed by atoms with E-state index in [-0.39, 0.29) is 17.8 Å². The normalized spacial score (nSPS) is 14.5. The van der Waals surface area contributed by atoms with E-state index in [0.29, 0.717) is 18.0 Å². The number of ether oxygens (including phenoxy) is 2. The van der Waals surface area contributed by atoms with Gasteiger partial charge in [0.1, 0.15) is 17.8 Å². The first-order valence-corrected chi connectivity index (χ1v) is 8.27. The van der Waals surface area contributed by atoms with Crippen LogP contribution in [-0.4, -0.2) is 29.6 Å². The molecule has 0 saturated heterocycles. The molecular formula is C19H22N2O4. The Hall–Kier alpha value is -2.76. The lowest BCUT2D eigenvalue weighted by atomic mass is 10.0. The van der Waals surface area contributed by atoms with Crippen molar-refractivity contribution in [3.63, 3.8) is 0 Å². The minimum atomic E-state index is -0.416. The average Bonchev–Trinajstić information content (AvgIpc) is 2.86. The van der Waals surface area contributed by atoms with Gasteiger partial charge in [0.25, 0.3) is 11.5 Å². The maximum Gasteiger partial charge on any atom is 0.260 e. The Morgan fingerprint density at radius 3 is 2.88 bits per heavy atom. The number of H-pyrrole nitrogens is 1. The number of benzene rings is 1. The van der Waals surface area contributed by atoms with E-state index in [1.54, 1.807) is 13.0 Å². The number of carbonyl (C=O) groups excluding carboxylic acids is 1. The molecule has 1 aromatic carbocycles. The van der Waals surface area contributed by atoms with E-state index in [9.17, 15) is 9.59 Å². The van der Waals surface area contributed by atoms with E-state index in [1.807, 2.05) is 32.0 Å². The molecule has 2 heterocycles. The minimum Gasteiger partial charge on any atom is -0.488 e. The summed E-state index contributed by atoms with van der Waals surface area (Å²) in [7, 11) is 0. The zero-order valence-corrected chi connectivity index (χ0v) is 14.6. The molecule has 2 N–H and O–H groups in total. The molecule has 0 atom stereocenters. The van der Waals surface area contributed by atoms with E-state index < -0.39 is 11.5 Å². The first-order valence-electron chi connectivity index (χ1n) is 8.27. The Balaban J connectivity index is 1.56. The van der Waals surface area contributed by atoms with Gasteiger partial charge in [0.15, 0.2) is 11.5 Å². The monoisotopic (exact) mass is 342 g/mol. The van der Waals surface area contributed by atoms with Crippen molar-refractivity contribution in [2.75, 3.05) is 13.2 Å². The van der Waals surface area contributed by atoms with E-state index in [2.05, 4.69) is 10.3 Å². The quantitative estimate of drug-likeness (QED) is 0.817. The summed E-state index contributed by atoms with van der Waals surface area (Å²) in [6, 6.07) is 9.03. The highest BCUT2D eigenvalue weighted by Gasteiger charge is 2.32. The van der Waals surface area contributed by atoms with Crippen LogP contribution >= 0.6 is 0 Å². The first kappa shape index (κ1) is 17.1. The number of amides is 1. The molecule has 1 amide bonds. The second-order valence-corrected chi connectivity index (χ2v) is 6.77. The predicted molar refractivity (Wildman–Crippen MR) is 94.5 cm³/mol. The van der Waals surface area contributed by atoms with Crippen LogP contribution in [0.3, 0.4) is 0 Å². The fourth-order valence-electron chi connectivity index (χ4n) is 2.87. The minimum absolute atomic E-state index is 0.0938. The number of pyridine rings is 1. The van der Waals surface area contributed by atoms with Crippen molar-refractivity contribution in [3.8, 4) is 11.5 Å². The van der Waals surface area contributed by atoms with Crippen LogP contribution < -0.4 is 20.3 Å². The number of aromatic nitrogens is 1. The van der Waals surface area contributed by atoms with E-state index in [0.717, 1.165) is 17.7 Å². The molecular weight excluding hydrogens is 320 g/mol. The topological polar surface area (TPSA) is 80.4 Å². The smallest absolute Gasteiger partial charge is 0.260 e. The van der Waals surface area contributed by atoms with Crippen molar-refractivity contribution in [2.24, 2.45) is 0 Å². The van der Waals surface area contributed by atoms with Crippen LogP contribution in [0.25, 0.3) is 0 Å². The maximum absolute atomic E-state index is 12.0. The highest BCUT2D eigenvalue weighted by Crippen LogP contribution is 2.41. The number of rotatable bonds is 5. The number of para-hydroxylation sites is 1. The molecule has 0 spiro atoms. The van der Waals surface area contributed by atoms with Crippen LogP contribution in [0, 0.1) is 6.92 Å². The van der Waals surface area contributed by atoms with E-state index in [4.69, 9.17) is 9.47 Å². The molecule has 1 aliphatic heterocycles. The zero-order chi connectivity index (χ0) is 18.0. The third-order valence-electron chi connectivity index (χ3n) is 4.00. The number of nitrogens with one attached hydrogen (secondary N) is 2. The molecule has 2 aromatic rings. The third-order valence-corrected chi connectivity index (χ3v) is 4.00. The summed E-state index contributed by atoms with van der Waals surface area (Å²) in [5.74, 6) is 1.03. The lowest BCUT2D eigenvalue weighted by molar-refractivity contribution is 0.0944. The molecule has 1 aromatic heterocycles. The molecule has 6 heteroatoms. The summed E-state index contributed by atoms with van der Waals surface area (Å²) in [6.45, 7) is 6.42. The molecule has 132 valence electrons. The summed E-state index contributed by atoms with van der Waals surface area (Å²) < 4.78 is 11.7. The van der Waals surface area contributed by atoms with Gasteiger partial charge >= 0.3 is 0 Å². The Morgan fingerprint density at radius 1 is 1.32 bits per heavy atom. The number of hydrogen-bond acceptors (Lipinski definition) is 4. The number of aryl methyl sites for hydroxylation is 1. The summed E-state index contributed by atoms with van der Waals surface area (Å²) in [5.41, 5.74) is 1.30. The molecule has 1 aliphatic rings. The second-order valence-electron chi connectivity index (χ2n) is 6.77. The average molecular weight is 342 g/mol. The van der Waals surface area contributed by atoms with Gasteiger partial charge in [0, 0.05) is 17.7 Å². The van der Waals surface area contributed by atoms with Crippen LogP contribution in [0.4, 0.5) is 0 Å². The predicted octanol–water partition coefficient (Wildman–Crippen LogP) is 2.21. The summed E-state index contributed by atoms with van der Waals surface area (Å²) in [4.78, 5) is 26.4. The fourth-order valence-corrected chi connectivity index (χ4v) is 2.87. The fraction of sp³-hybridized carbons (Fsp3) is 0.368. The standard InChI is InChI=1S/C19H22N2O4/c1-12-7-8-14(18(23)21-12)17(22)20-9-10-24-15-6-4-5-13-11-19(2,3)25-16(13)15/h4-8H,9-11H2,1-3H3,(H,20,22)(H,21,23). The molecule has 3 rings (SSSR count). The molecule has 6 nitrogen and oxygen atoms in total. The highest BCUT2D eigenvalue weighted by molar-refractivity contribution is 5.93. The third kappa shape index (κ3) is 3.84. The van der Waals surface area contributed by atoms with Gasteiger partial charge in [-0.15, -0.1) is 0 Å². The van der Waals surface area contributed by atoms with Gasteiger partial charge in [-0.1, -0.05) is 12.1 Å². The Kier molecular flexibility index (Phi) is 4.53. The van der Waals surface area contributed by atoms with Gasteiger partial charge in [0.05, 0.1) is 6.54 Å². The largest absolute Gasteiger partial charge is 0.488 e. The Labute approximate surface area is 146 Å². The van der Waals surface area contributed by atoms with Crippen molar-refractivity contribution in [1.29, 1.82) is 0 Å². The van der Waals surface area contributed by atoms with Gasteiger partial charge in [-0.05, 0) is 39.0 Å². The van der Waals surface area contributed by atoms with Crippen LogP contribution in [0.5, 0.6) is 11.5 Å². The number of aromatic amines is 1. The molecule has 0 bridgehead atoms. The molecule has 0 aliphatic carbocycles. The summed E-state index contributed by atoms with van der Waals surface area (Å²) in [5, 5.41) is 2.69. The van der Waals surface area contributed by atoms with Crippen molar-refractivity contribution < 1.29 is 14.3 Å². The second kappa shape index (κ2) is 6.63. The van der Waals surface area contributed by atoms with Crippen molar-refractivity contribution in [1.82, 2.24) is 10.3 Å². The first-order chi connectivity index (χ1) is 11.9. The zero-order valence-electron chi connectivity index (χ0n) is 14.6. The number of fused-ring (bicyclic) bond motifs is 1. The van der Waals surface area contributed by atoms with Crippen LogP contribution in [0.15, 0.2) is 35.1 Å². The maximum atomic E-state index is 12.0. The van der Waals surface area contributed by atoms with Gasteiger partial charge in [0.2, 0.25) is 0 Å². The molecule has 25 heavy (non-hydrogen) atoms. The lowest BCUT2D eigenvalue weighted by Gasteiger charge is -2.18. The van der Waals surface area contributed by atoms with Gasteiger partial charge in [-0.25, -0.2) is 0 Å². The Bertz CT molecular complexity index is 855. The molecule has 0 unspecified atom stereocenters. The molecule has 0 fully saturated rings. The van der Waals surface area contributed by atoms with Gasteiger partial charge in [-0.2, -0.15) is 0 Å². The SMILES string of the molecule is Cc1ccc(C(=O)NCCOc2cccc3c2OC(C)(C)C3)c(=O)[nH]1.